The van der Waals surface area contributed by atoms with Gasteiger partial charge in [0.05, 0.1) is 4.90 Å². The summed E-state index contributed by atoms with van der Waals surface area (Å²) in [6, 6.07) is 4.45. The molecule has 1 aromatic carbocycles. The molecule has 0 saturated carbocycles. The molecule has 0 heterocycles. The minimum Gasteiger partial charge on any atom is -0.398 e. The fourth-order valence-corrected chi connectivity index (χ4v) is 2.89. The first-order valence-electron chi connectivity index (χ1n) is 5.86. The van der Waals surface area contributed by atoms with E-state index in [1.807, 2.05) is 6.92 Å². The van der Waals surface area contributed by atoms with Gasteiger partial charge in [-0.25, -0.2) is 13.1 Å². The van der Waals surface area contributed by atoms with Gasteiger partial charge in [0.15, 0.2) is 0 Å². The standard InChI is InChI=1S/C12H20N2O3S/c1-9-5-6-11(8-12(9)13)18(16,17)14-10(2)4-3-7-15/h5-6,8,10,14-15H,3-4,7,13H2,1-2H3. The zero-order valence-corrected chi connectivity index (χ0v) is 11.5. The molecule has 1 unspecified atom stereocenters. The summed E-state index contributed by atoms with van der Waals surface area (Å²) >= 11 is 0. The zero-order valence-electron chi connectivity index (χ0n) is 10.7. The average Bonchev–Trinajstić information content (AvgIpc) is 2.29. The van der Waals surface area contributed by atoms with Crippen molar-refractivity contribution in [1.82, 2.24) is 4.72 Å². The van der Waals surface area contributed by atoms with Crippen LogP contribution in [-0.4, -0.2) is 26.2 Å². The third kappa shape index (κ3) is 3.97. The van der Waals surface area contributed by atoms with Crippen molar-refractivity contribution in [3.63, 3.8) is 0 Å². The smallest absolute Gasteiger partial charge is 0.240 e. The maximum atomic E-state index is 12.0. The topological polar surface area (TPSA) is 92.4 Å². The summed E-state index contributed by atoms with van der Waals surface area (Å²) in [6.45, 7) is 3.65. The van der Waals surface area contributed by atoms with E-state index in [0.29, 0.717) is 18.5 Å². The Morgan fingerprint density at radius 3 is 2.67 bits per heavy atom. The molecule has 1 rings (SSSR count). The van der Waals surface area contributed by atoms with Gasteiger partial charge in [0.25, 0.3) is 0 Å². The van der Waals surface area contributed by atoms with Gasteiger partial charge in [-0.2, -0.15) is 0 Å². The number of aliphatic hydroxyl groups is 1. The van der Waals surface area contributed by atoms with Crippen LogP contribution in [0.5, 0.6) is 0 Å². The number of aryl methyl sites for hydroxylation is 1. The Bertz CT molecular complexity index is 500. The van der Waals surface area contributed by atoms with Gasteiger partial charge in [0.2, 0.25) is 10.0 Å². The Morgan fingerprint density at radius 1 is 1.44 bits per heavy atom. The molecule has 0 spiro atoms. The molecule has 5 nitrogen and oxygen atoms in total. The van der Waals surface area contributed by atoms with E-state index in [4.69, 9.17) is 10.8 Å². The monoisotopic (exact) mass is 272 g/mol. The lowest BCUT2D eigenvalue weighted by molar-refractivity contribution is 0.279. The first-order chi connectivity index (χ1) is 8.36. The number of nitrogen functional groups attached to an aromatic ring is 1. The van der Waals surface area contributed by atoms with Crippen molar-refractivity contribution >= 4 is 15.7 Å². The maximum absolute atomic E-state index is 12.0. The Balaban J connectivity index is 2.83. The Morgan fingerprint density at radius 2 is 2.11 bits per heavy atom. The molecule has 102 valence electrons. The van der Waals surface area contributed by atoms with Crippen LogP contribution in [0.2, 0.25) is 0 Å². The molecule has 0 amide bonds. The minimum absolute atomic E-state index is 0.0591. The SMILES string of the molecule is Cc1ccc(S(=O)(=O)NC(C)CCCO)cc1N. The van der Waals surface area contributed by atoms with Crippen LogP contribution < -0.4 is 10.5 Å². The van der Waals surface area contributed by atoms with Crippen molar-refractivity contribution in [2.45, 2.75) is 37.6 Å². The molecular formula is C12H20N2O3S. The van der Waals surface area contributed by atoms with Crippen molar-refractivity contribution in [1.29, 1.82) is 0 Å². The fourth-order valence-electron chi connectivity index (χ4n) is 1.58. The summed E-state index contributed by atoms with van der Waals surface area (Å²) < 4.78 is 26.6. The average molecular weight is 272 g/mol. The molecule has 4 N–H and O–H groups in total. The predicted molar refractivity (Wildman–Crippen MR) is 71.7 cm³/mol. The van der Waals surface area contributed by atoms with Crippen molar-refractivity contribution in [2.24, 2.45) is 0 Å². The molecule has 0 aliphatic heterocycles. The van der Waals surface area contributed by atoms with Crippen molar-refractivity contribution in [3.8, 4) is 0 Å². The third-order valence-corrected chi connectivity index (χ3v) is 4.30. The van der Waals surface area contributed by atoms with E-state index in [-0.39, 0.29) is 17.5 Å². The second-order valence-corrected chi connectivity index (χ2v) is 6.12. The Labute approximate surface area is 108 Å². The molecule has 0 saturated heterocycles. The normalized spacial score (nSPS) is 13.5. The fraction of sp³-hybridized carbons (Fsp3) is 0.500. The highest BCUT2D eigenvalue weighted by atomic mass is 32.2. The molecule has 6 heteroatoms. The summed E-state index contributed by atoms with van der Waals surface area (Å²) in [7, 11) is -3.54. The van der Waals surface area contributed by atoms with E-state index in [1.165, 1.54) is 12.1 Å². The van der Waals surface area contributed by atoms with Crippen LogP contribution in [-0.2, 0) is 10.0 Å². The van der Waals surface area contributed by atoms with Gasteiger partial charge >= 0.3 is 0 Å². The predicted octanol–water partition coefficient (Wildman–Crippen LogP) is 1.02. The Kier molecular flexibility index (Phi) is 5.13. The second kappa shape index (κ2) is 6.17. The number of rotatable bonds is 6. The van der Waals surface area contributed by atoms with Crippen molar-refractivity contribution < 1.29 is 13.5 Å². The van der Waals surface area contributed by atoms with Crippen LogP contribution in [0.25, 0.3) is 0 Å². The van der Waals surface area contributed by atoms with Gasteiger partial charge in [0.1, 0.15) is 0 Å². The molecular weight excluding hydrogens is 252 g/mol. The van der Waals surface area contributed by atoms with E-state index in [0.717, 1.165) is 5.56 Å². The lowest BCUT2D eigenvalue weighted by atomic mass is 10.2. The Hall–Kier alpha value is -1.11. The van der Waals surface area contributed by atoms with Crippen molar-refractivity contribution in [3.05, 3.63) is 23.8 Å². The summed E-state index contributed by atoms with van der Waals surface area (Å²) in [5.41, 5.74) is 7.01. The highest BCUT2D eigenvalue weighted by molar-refractivity contribution is 7.89. The van der Waals surface area contributed by atoms with Gasteiger partial charge in [-0.05, 0) is 44.4 Å². The molecule has 18 heavy (non-hydrogen) atoms. The lowest BCUT2D eigenvalue weighted by Crippen LogP contribution is -2.32. The van der Waals surface area contributed by atoms with E-state index in [9.17, 15) is 8.42 Å². The van der Waals surface area contributed by atoms with Gasteiger partial charge in [-0.15, -0.1) is 0 Å². The zero-order chi connectivity index (χ0) is 13.8. The van der Waals surface area contributed by atoms with Crippen molar-refractivity contribution in [2.75, 3.05) is 12.3 Å². The molecule has 0 aliphatic rings. The first-order valence-corrected chi connectivity index (χ1v) is 7.34. The first kappa shape index (κ1) is 14.9. The third-order valence-electron chi connectivity index (χ3n) is 2.71. The number of hydrogen-bond donors (Lipinski definition) is 3. The summed E-state index contributed by atoms with van der Waals surface area (Å²) in [5.74, 6) is 0. The van der Waals surface area contributed by atoms with Gasteiger partial charge in [-0.1, -0.05) is 6.07 Å². The number of nitrogens with one attached hydrogen (secondary N) is 1. The quantitative estimate of drug-likeness (QED) is 0.674. The molecule has 0 radical (unpaired) electrons. The molecule has 0 fully saturated rings. The van der Waals surface area contributed by atoms with Crippen LogP contribution in [0.1, 0.15) is 25.3 Å². The summed E-state index contributed by atoms with van der Waals surface area (Å²) in [6.07, 6.45) is 1.16. The van der Waals surface area contributed by atoms with E-state index in [2.05, 4.69) is 4.72 Å². The maximum Gasteiger partial charge on any atom is 0.240 e. The summed E-state index contributed by atoms with van der Waals surface area (Å²) in [5, 5.41) is 8.70. The van der Waals surface area contributed by atoms with Crippen LogP contribution >= 0.6 is 0 Å². The highest BCUT2D eigenvalue weighted by Gasteiger charge is 2.17. The molecule has 0 bridgehead atoms. The number of sulfonamides is 1. The van der Waals surface area contributed by atoms with E-state index in [1.54, 1.807) is 13.0 Å². The van der Waals surface area contributed by atoms with E-state index < -0.39 is 10.0 Å². The van der Waals surface area contributed by atoms with Gasteiger partial charge < -0.3 is 10.8 Å². The number of benzene rings is 1. The molecule has 0 aliphatic carbocycles. The molecule has 0 aromatic heterocycles. The lowest BCUT2D eigenvalue weighted by Gasteiger charge is -2.14. The largest absolute Gasteiger partial charge is 0.398 e. The highest BCUT2D eigenvalue weighted by Crippen LogP contribution is 2.17. The van der Waals surface area contributed by atoms with E-state index >= 15 is 0 Å². The van der Waals surface area contributed by atoms with Crippen LogP contribution in [0.4, 0.5) is 5.69 Å². The van der Waals surface area contributed by atoms with Crippen LogP contribution in [0.15, 0.2) is 23.1 Å². The number of aliphatic hydroxyl groups excluding tert-OH is 1. The molecule has 1 aromatic rings. The number of anilines is 1. The van der Waals surface area contributed by atoms with Gasteiger partial charge in [0, 0.05) is 18.3 Å². The second-order valence-electron chi connectivity index (χ2n) is 4.41. The number of nitrogens with two attached hydrogens (primary N) is 1. The molecule has 1 atom stereocenters. The van der Waals surface area contributed by atoms with Gasteiger partial charge in [-0.3, -0.25) is 0 Å². The summed E-state index contributed by atoms with van der Waals surface area (Å²) in [4.78, 5) is 0.168. The number of hydrogen-bond acceptors (Lipinski definition) is 4. The van der Waals surface area contributed by atoms with Crippen LogP contribution in [0, 0.1) is 6.92 Å². The minimum atomic E-state index is -3.54. The van der Waals surface area contributed by atoms with Crippen LogP contribution in [0.3, 0.4) is 0 Å².